The molecular weight excluding hydrogens is 204 g/mol. The number of nitrogen functional groups attached to an aromatic ring is 1. The van der Waals surface area contributed by atoms with E-state index in [0.29, 0.717) is 5.69 Å². The number of likely N-dealkylation sites (N-methyl/N-ethyl adjacent to an activating group) is 1. The minimum Gasteiger partial charge on any atom is -0.396 e. The summed E-state index contributed by atoms with van der Waals surface area (Å²) in [5.41, 5.74) is 6.11. The number of carbonyl (C=O) groups excluding carboxylic acids is 1. The van der Waals surface area contributed by atoms with Crippen LogP contribution in [-0.2, 0) is 11.3 Å². The highest BCUT2D eigenvalue weighted by molar-refractivity contribution is 5.76. The molecule has 1 unspecified atom stereocenters. The SMILES string of the molecule is CCCC(C)N(C)C(=O)Cn1cc(N)cn1. The van der Waals surface area contributed by atoms with E-state index in [1.807, 2.05) is 7.05 Å². The molecule has 0 aliphatic carbocycles. The molecule has 5 heteroatoms. The summed E-state index contributed by atoms with van der Waals surface area (Å²) in [6.07, 6.45) is 5.30. The monoisotopic (exact) mass is 224 g/mol. The first-order chi connectivity index (χ1) is 7.54. The maximum atomic E-state index is 11.9. The number of anilines is 1. The quantitative estimate of drug-likeness (QED) is 0.815. The molecule has 1 aromatic rings. The van der Waals surface area contributed by atoms with Crippen molar-refractivity contribution in [2.45, 2.75) is 39.3 Å². The number of nitrogens with zero attached hydrogens (tertiary/aromatic N) is 3. The third-order valence-electron chi connectivity index (χ3n) is 2.71. The molecule has 0 aliphatic heterocycles. The Morgan fingerprint density at radius 2 is 2.38 bits per heavy atom. The van der Waals surface area contributed by atoms with E-state index in [4.69, 9.17) is 5.73 Å². The van der Waals surface area contributed by atoms with E-state index < -0.39 is 0 Å². The number of amides is 1. The summed E-state index contributed by atoms with van der Waals surface area (Å²) in [4.78, 5) is 13.6. The average molecular weight is 224 g/mol. The second-order valence-electron chi connectivity index (χ2n) is 4.11. The van der Waals surface area contributed by atoms with E-state index in [1.165, 1.54) is 0 Å². The molecule has 16 heavy (non-hydrogen) atoms. The third-order valence-corrected chi connectivity index (χ3v) is 2.71. The number of aromatic nitrogens is 2. The third kappa shape index (κ3) is 3.25. The Balaban J connectivity index is 2.51. The van der Waals surface area contributed by atoms with Crippen LogP contribution in [0.15, 0.2) is 12.4 Å². The van der Waals surface area contributed by atoms with Crippen LogP contribution in [0.2, 0.25) is 0 Å². The van der Waals surface area contributed by atoms with Gasteiger partial charge >= 0.3 is 0 Å². The van der Waals surface area contributed by atoms with Crippen molar-refractivity contribution >= 4 is 11.6 Å². The van der Waals surface area contributed by atoms with Crippen LogP contribution in [0.4, 0.5) is 5.69 Å². The molecule has 1 rings (SSSR count). The lowest BCUT2D eigenvalue weighted by Crippen LogP contribution is -2.37. The van der Waals surface area contributed by atoms with Gasteiger partial charge in [-0.2, -0.15) is 5.10 Å². The van der Waals surface area contributed by atoms with Crippen LogP contribution < -0.4 is 5.73 Å². The van der Waals surface area contributed by atoms with Crippen molar-refractivity contribution in [3.05, 3.63) is 12.4 Å². The fraction of sp³-hybridized carbons (Fsp3) is 0.636. The van der Waals surface area contributed by atoms with Crippen molar-refractivity contribution in [1.82, 2.24) is 14.7 Å². The molecule has 0 saturated carbocycles. The van der Waals surface area contributed by atoms with Crippen molar-refractivity contribution < 1.29 is 4.79 Å². The standard InChI is InChI=1S/C11H20N4O/c1-4-5-9(2)14(3)11(16)8-15-7-10(12)6-13-15/h6-7,9H,4-5,8,12H2,1-3H3. The molecule has 1 heterocycles. The summed E-state index contributed by atoms with van der Waals surface area (Å²) in [6.45, 7) is 4.42. The highest BCUT2D eigenvalue weighted by Gasteiger charge is 2.15. The molecule has 0 saturated heterocycles. The Labute approximate surface area is 96.2 Å². The molecule has 0 bridgehead atoms. The molecular formula is C11H20N4O. The minimum absolute atomic E-state index is 0.0593. The van der Waals surface area contributed by atoms with Crippen molar-refractivity contribution in [3.8, 4) is 0 Å². The molecule has 0 aromatic carbocycles. The molecule has 0 fully saturated rings. The van der Waals surface area contributed by atoms with Gasteiger partial charge in [0.15, 0.2) is 0 Å². The van der Waals surface area contributed by atoms with Crippen LogP contribution >= 0.6 is 0 Å². The predicted molar refractivity (Wildman–Crippen MR) is 63.8 cm³/mol. The zero-order valence-corrected chi connectivity index (χ0v) is 10.2. The van der Waals surface area contributed by atoms with Crippen LogP contribution in [0.3, 0.4) is 0 Å². The first-order valence-electron chi connectivity index (χ1n) is 5.58. The van der Waals surface area contributed by atoms with E-state index in [0.717, 1.165) is 12.8 Å². The van der Waals surface area contributed by atoms with Gasteiger partial charge in [0.1, 0.15) is 6.54 Å². The number of nitrogens with two attached hydrogens (primary N) is 1. The summed E-state index contributed by atoms with van der Waals surface area (Å²) in [6, 6.07) is 0.269. The zero-order valence-electron chi connectivity index (χ0n) is 10.2. The van der Waals surface area contributed by atoms with Crippen molar-refractivity contribution in [2.75, 3.05) is 12.8 Å². The number of rotatable bonds is 5. The van der Waals surface area contributed by atoms with Gasteiger partial charge in [-0.15, -0.1) is 0 Å². The normalized spacial score (nSPS) is 12.4. The van der Waals surface area contributed by atoms with E-state index in [1.54, 1.807) is 22.0 Å². The molecule has 5 nitrogen and oxygen atoms in total. The molecule has 0 radical (unpaired) electrons. The molecule has 2 N–H and O–H groups in total. The highest BCUT2D eigenvalue weighted by atomic mass is 16.2. The van der Waals surface area contributed by atoms with Gasteiger partial charge in [0, 0.05) is 19.3 Å². The fourth-order valence-electron chi connectivity index (χ4n) is 1.57. The van der Waals surface area contributed by atoms with Gasteiger partial charge in [-0.25, -0.2) is 0 Å². The minimum atomic E-state index is 0.0593. The van der Waals surface area contributed by atoms with Gasteiger partial charge in [-0.05, 0) is 13.3 Å². The smallest absolute Gasteiger partial charge is 0.244 e. The Morgan fingerprint density at radius 1 is 1.69 bits per heavy atom. The topological polar surface area (TPSA) is 64.2 Å². The van der Waals surface area contributed by atoms with E-state index in [-0.39, 0.29) is 18.5 Å². The summed E-state index contributed by atoms with van der Waals surface area (Å²) >= 11 is 0. The summed E-state index contributed by atoms with van der Waals surface area (Å²) in [7, 11) is 1.83. The summed E-state index contributed by atoms with van der Waals surface area (Å²) < 4.78 is 1.56. The fourth-order valence-corrected chi connectivity index (χ4v) is 1.57. The molecule has 0 spiro atoms. The van der Waals surface area contributed by atoms with Gasteiger partial charge in [-0.3, -0.25) is 9.48 Å². The van der Waals surface area contributed by atoms with Gasteiger partial charge in [0.05, 0.1) is 11.9 Å². The van der Waals surface area contributed by atoms with Gasteiger partial charge in [0.2, 0.25) is 5.91 Å². The largest absolute Gasteiger partial charge is 0.396 e. The lowest BCUT2D eigenvalue weighted by molar-refractivity contribution is -0.132. The second kappa shape index (κ2) is 5.53. The lowest BCUT2D eigenvalue weighted by Gasteiger charge is -2.24. The Morgan fingerprint density at radius 3 is 2.88 bits per heavy atom. The van der Waals surface area contributed by atoms with E-state index in [9.17, 15) is 4.79 Å². The number of hydrogen-bond acceptors (Lipinski definition) is 3. The van der Waals surface area contributed by atoms with E-state index >= 15 is 0 Å². The number of hydrogen-bond donors (Lipinski definition) is 1. The highest BCUT2D eigenvalue weighted by Crippen LogP contribution is 2.05. The maximum absolute atomic E-state index is 11.9. The summed E-state index contributed by atoms with van der Waals surface area (Å²) in [5, 5.41) is 3.99. The first-order valence-corrected chi connectivity index (χ1v) is 5.58. The van der Waals surface area contributed by atoms with Gasteiger partial charge < -0.3 is 10.6 Å². The maximum Gasteiger partial charge on any atom is 0.244 e. The lowest BCUT2D eigenvalue weighted by atomic mass is 10.2. The Kier molecular flexibility index (Phi) is 4.34. The first kappa shape index (κ1) is 12.5. The Hall–Kier alpha value is -1.52. The Bertz CT molecular complexity index is 348. The van der Waals surface area contributed by atoms with Gasteiger partial charge in [-0.1, -0.05) is 13.3 Å². The molecule has 0 aliphatic rings. The molecule has 1 aromatic heterocycles. The van der Waals surface area contributed by atoms with Crippen LogP contribution in [0, 0.1) is 0 Å². The second-order valence-corrected chi connectivity index (χ2v) is 4.11. The summed E-state index contributed by atoms with van der Waals surface area (Å²) in [5.74, 6) is 0.0593. The van der Waals surface area contributed by atoms with E-state index in [2.05, 4.69) is 18.9 Å². The van der Waals surface area contributed by atoms with Gasteiger partial charge in [0.25, 0.3) is 0 Å². The predicted octanol–water partition coefficient (Wildman–Crippen LogP) is 1.11. The molecule has 90 valence electrons. The number of carbonyl (C=O) groups is 1. The van der Waals surface area contributed by atoms with Crippen LogP contribution in [0.25, 0.3) is 0 Å². The zero-order chi connectivity index (χ0) is 12.1. The average Bonchev–Trinajstić information content (AvgIpc) is 2.63. The van der Waals surface area contributed by atoms with Crippen molar-refractivity contribution in [3.63, 3.8) is 0 Å². The molecule has 1 atom stereocenters. The van der Waals surface area contributed by atoms with Crippen LogP contribution in [0.5, 0.6) is 0 Å². The van der Waals surface area contributed by atoms with Crippen molar-refractivity contribution in [2.24, 2.45) is 0 Å². The van der Waals surface area contributed by atoms with Crippen molar-refractivity contribution in [1.29, 1.82) is 0 Å². The van der Waals surface area contributed by atoms with Crippen LogP contribution in [0.1, 0.15) is 26.7 Å². The molecule has 1 amide bonds. The van der Waals surface area contributed by atoms with Crippen LogP contribution in [-0.4, -0.2) is 33.7 Å².